The van der Waals surface area contributed by atoms with Gasteiger partial charge in [-0.2, -0.15) is 0 Å². The van der Waals surface area contributed by atoms with Crippen molar-refractivity contribution in [2.24, 2.45) is 0 Å². The smallest absolute Gasteiger partial charge is 0.265 e. The third-order valence-corrected chi connectivity index (χ3v) is 5.84. The normalized spacial score (nSPS) is 18.9. The van der Waals surface area contributed by atoms with Crippen LogP contribution in [0, 0.1) is 0 Å². The summed E-state index contributed by atoms with van der Waals surface area (Å²) >= 11 is 0. The van der Waals surface area contributed by atoms with Gasteiger partial charge in [0.15, 0.2) is 12.3 Å². The molecule has 0 unspecified atom stereocenters. The van der Waals surface area contributed by atoms with Gasteiger partial charge >= 0.3 is 0 Å². The molecule has 2 aliphatic heterocycles. The van der Waals surface area contributed by atoms with Crippen molar-refractivity contribution in [1.82, 2.24) is 19.5 Å². The largest absolute Gasteiger partial charge is 0.482 e. The molecule has 4 heterocycles. The molecule has 2 aliphatic rings. The molecule has 154 valence electrons. The van der Waals surface area contributed by atoms with Gasteiger partial charge in [-0.3, -0.25) is 14.0 Å². The lowest BCUT2D eigenvalue weighted by Crippen LogP contribution is -2.43. The first kappa shape index (κ1) is 18.6. The quantitative estimate of drug-likeness (QED) is 0.665. The zero-order valence-electron chi connectivity index (χ0n) is 16.6. The Morgan fingerprint density at radius 3 is 2.93 bits per heavy atom. The number of hydrogen-bond donors (Lipinski definition) is 0. The Kier molecular flexibility index (Phi) is 4.82. The summed E-state index contributed by atoms with van der Waals surface area (Å²) in [4.78, 5) is 28.8. The van der Waals surface area contributed by atoms with E-state index in [2.05, 4.69) is 10.2 Å². The van der Waals surface area contributed by atoms with Gasteiger partial charge in [0.25, 0.3) is 5.91 Å². The zero-order valence-corrected chi connectivity index (χ0v) is 16.6. The molecule has 2 aromatic heterocycles. The average molecular weight is 405 g/mol. The molecule has 0 bridgehead atoms. The van der Waals surface area contributed by atoms with Gasteiger partial charge in [0.05, 0.1) is 5.69 Å². The Labute approximate surface area is 174 Å². The summed E-state index contributed by atoms with van der Waals surface area (Å²) in [5, 5.41) is 8.62. The Morgan fingerprint density at radius 1 is 1.13 bits per heavy atom. The summed E-state index contributed by atoms with van der Waals surface area (Å²) in [7, 11) is 0. The van der Waals surface area contributed by atoms with Gasteiger partial charge < -0.3 is 14.5 Å². The van der Waals surface area contributed by atoms with Crippen LogP contribution in [0.4, 0.5) is 5.69 Å². The maximum atomic E-state index is 13.0. The molecule has 2 amide bonds. The number of aromatic nitrogens is 3. The van der Waals surface area contributed by atoms with Crippen LogP contribution in [0.25, 0.3) is 5.65 Å². The third-order valence-electron chi connectivity index (χ3n) is 5.84. The lowest BCUT2D eigenvalue weighted by atomic mass is 9.97. The van der Waals surface area contributed by atoms with E-state index in [1.54, 1.807) is 4.90 Å². The molecule has 1 saturated heterocycles. The Balaban J connectivity index is 1.26. The highest BCUT2D eigenvalue weighted by molar-refractivity contribution is 5.98. The maximum Gasteiger partial charge on any atom is 0.265 e. The highest BCUT2D eigenvalue weighted by atomic mass is 16.5. The van der Waals surface area contributed by atoms with Crippen LogP contribution >= 0.6 is 0 Å². The molecule has 1 aromatic carbocycles. The number of carbonyl (C=O) groups is 2. The molecule has 8 nitrogen and oxygen atoms in total. The summed E-state index contributed by atoms with van der Waals surface area (Å²) in [6.45, 7) is 1.73. The number of ether oxygens (including phenoxy) is 1. The number of para-hydroxylation sites is 2. The number of likely N-dealkylation sites (tertiary alicyclic amines) is 1. The predicted octanol–water partition coefficient (Wildman–Crippen LogP) is 2.25. The minimum absolute atomic E-state index is 0.0109. The summed E-state index contributed by atoms with van der Waals surface area (Å²) in [5.74, 6) is 1.69. The van der Waals surface area contributed by atoms with Crippen molar-refractivity contribution in [3.8, 4) is 5.75 Å². The van der Waals surface area contributed by atoms with Crippen molar-refractivity contribution >= 4 is 23.1 Å². The molecule has 1 fully saturated rings. The van der Waals surface area contributed by atoms with Gasteiger partial charge in [-0.1, -0.05) is 18.2 Å². The number of anilines is 1. The van der Waals surface area contributed by atoms with Crippen molar-refractivity contribution < 1.29 is 14.3 Å². The molecule has 0 aliphatic carbocycles. The summed E-state index contributed by atoms with van der Waals surface area (Å²) < 4.78 is 7.48. The second kappa shape index (κ2) is 7.78. The molecule has 0 N–H and O–H groups in total. The number of hydrogen-bond acceptors (Lipinski definition) is 5. The van der Waals surface area contributed by atoms with Crippen LogP contribution in [0.3, 0.4) is 0 Å². The van der Waals surface area contributed by atoms with Crippen LogP contribution < -0.4 is 9.64 Å². The highest BCUT2D eigenvalue weighted by Gasteiger charge is 2.30. The van der Waals surface area contributed by atoms with Crippen molar-refractivity contribution in [2.45, 2.75) is 25.2 Å². The minimum atomic E-state index is -0.118. The first-order valence-electron chi connectivity index (χ1n) is 10.3. The SMILES string of the molecule is O=C(CCN1C(=O)COc2ccccc21)N1CCC[C@H](c2nnc3ccccn23)C1. The number of nitrogens with zero attached hydrogens (tertiary/aromatic N) is 5. The molecule has 1 atom stereocenters. The van der Waals surface area contributed by atoms with Crippen molar-refractivity contribution in [3.05, 3.63) is 54.5 Å². The van der Waals surface area contributed by atoms with Crippen LogP contribution in [-0.2, 0) is 9.59 Å². The van der Waals surface area contributed by atoms with E-state index in [1.165, 1.54) is 0 Å². The molecule has 0 radical (unpaired) electrons. The molecule has 8 heteroatoms. The van der Waals surface area contributed by atoms with Crippen LogP contribution in [0.15, 0.2) is 48.7 Å². The number of benzene rings is 1. The second-order valence-corrected chi connectivity index (χ2v) is 7.72. The molecular weight excluding hydrogens is 382 g/mol. The van der Waals surface area contributed by atoms with Crippen molar-refractivity contribution in [3.63, 3.8) is 0 Å². The Hall–Kier alpha value is -3.42. The Morgan fingerprint density at radius 2 is 2.00 bits per heavy atom. The second-order valence-electron chi connectivity index (χ2n) is 7.72. The minimum Gasteiger partial charge on any atom is -0.482 e. The van der Waals surface area contributed by atoms with E-state index < -0.39 is 0 Å². The lowest BCUT2D eigenvalue weighted by Gasteiger charge is -2.33. The van der Waals surface area contributed by atoms with Gasteiger partial charge in [-0.25, -0.2) is 0 Å². The van der Waals surface area contributed by atoms with E-state index in [0.29, 0.717) is 18.8 Å². The van der Waals surface area contributed by atoms with E-state index in [9.17, 15) is 9.59 Å². The maximum absolute atomic E-state index is 13.0. The standard InChI is InChI=1S/C22H23N5O3/c28-20(10-13-26-17-7-1-2-8-18(17)30-15-21(26)29)25-11-5-6-16(14-25)22-24-23-19-9-3-4-12-27(19)22/h1-4,7-9,12,16H,5-6,10-11,13-15H2/t16-/m0/s1. The van der Waals surface area contributed by atoms with Gasteiger partial charge in [-0.15, -0.1) is 10.2 Å². The van der Waals surface area contributed by atoms with Crippen LogP contribution in [0.2, 0.25) is 0 Å². The monoisotopic (exact) mass is 405 g/mol. The topological polar surface area (TPSA) is 80.0 Å². The van der Waals surface area contributed by atoms with Gasteiger partial charge in [-0.05, 0) is 37.1 Å². The summed E-state index contributed by atoms with van der Waals surface area (Å²) in [6, 6.07) is 13.3. The highest BCUT2D eigenvalue weighted by Crippen LogP contribution is 2.32. The molecule has 0 saturated carbocycles. The van der Waals surface area contributed by atoms with E-state index in [1.807, 2.05) is 58.0 Å². The first-order valence-corrected chi connectivity index (χ1v) is 10.3. The number of fused-ring (bicyclic) bond motifs is 2. The zero-order chi connectivity index (χ0) is 20.5. The van der Waals surface area contributed by atoms with E-state index in [4.69, 9.17) is 4.74 Å². The number of rotatable bonds is 4. The fourth-order valence-corrected chi connectivity index (χ4v) is 4.32. The van der Waals surface area contributed by atoms with Crippen LogP contribution in [-0.4, -0.2) is 57.6 Å². The fraction of sp³-hybridized carbons (Fsp3) is 0.364. The molecule has 0 spiro atoms. The number of amides is 2. The number of pyridine rings is 1. The molecular formula is C22H23N5O3. The first-order chi connectivity index (χ1) is 14.7. The van der Waals surface area contributed by atoms with Crippen molar-refractivity contribution in [2.75, 3.05) is 31.1 Å². The van der Waals surface area contributed by atoms with Gasteiger partial charge in [0.2, 0.25) is 5.91 Å². The summed E-state index contributed by atoms with van der Waals surface area (Å²) in [5.41, 5.74) is 1.55. The van der Waals surface area contributed by atoms with Crippen LogP contribution in [0.1, 0.15) is 31.0 Å². The molecule has 5 rings (SSSR count). The summed E-state index contributed by atoms with van der Waals surface area (Å²) in [6.07, 6.45) is 4.16. The van der Waals surface area contributed by atoms with E-state index in [-0.39, 0.29) is 30.8 Å². The predicted molar refractivity (Wildman–Crippen MR) is 110 cm³/mol. The van der Waals surface area contributed by atoms with Gasteiger partial charge in [0, 0.05) is 38.2 Å². The van der Waals surface area contributed by atoms with E-state index in [0.717, 1.165) is 36.5 Å². The lowest BCUT2D eigenvalue weighted by molar-refractivity contribution is -0.132. The molecule has 30 heavy (non-hydrogen) atoms. The van der Waals surface area contributed by atoms with Crippen molar-refractivity contribution in [1.29, 1.82) is 0 Å². The Bertz CT molecular complexity index is 1100. The van der Waals surface area contributed by atoms with E-state index >= 15 is 0 Å². The van der Waals surface area contributed by atoms with Crippen LogP contribution in [0.5, 0.6) is 5.75 Å². The average Bonchev–Trinajstić information content (AvgIpc) is 3.22. The number of carbonyl (C=O) groups excluding carboxylic acids is 2. The molecule has 3 aromatic rings. The number of piperidine rings is 1. The third kappa shape index (κ3) is 3.38. The van der Waals surface area contributed by atoms with Gasteiger partial charge in [0.1, 0.15) is 11.6 Å². The fourth-order valence-electron chi connectivity index (χ4n) is 4.32.